The van der Waals surface area contributed by atoms with Crippen molar-refractivity contribution in [2.75, 3.05) is 0 Å². The Balaban J connectivity index is 2.56. The van der Waals surface area contributed by atoms with E-state index in [0.717, 1.165) is 10.0 Å². The number of benzene rings is 1. The molecule has 0 saturated heterocycles. The van der Waals surface area contributed by atoms with Crippen molar-refractivity contribution >= 4 is 15.9 Å². The summed E-state index contributed by atoms with van der Waals surface area (Å²) >= 11 is 3.35. The zero-order valence-electron chi connectivity index (χ0n) is 7.07. The van der Waals surface area contributed by atoms with Gasteiger partial charge in [0.2, 0.25) is 0 Å². The fourth-order valence-corrected chi connectivity index (χ4v) is 1.56. The van der Waals surface area contributed by atoms with Crippen LogP contribution in [-0.4, -0.2) is 5.16 Å². The van der Waals surface area contributed by atoms with Gasteiger partial charge in [0.25, 0.3) is 0 Å². The molecule has 1 aromatic heterocycles. The molecule has 0 saturated carbocycles. The van der Waals surface area contributed by atoms with Crippen LogP contribution in [-0.2, 0) is 0 Å². The number of rotatable bonds is 1. The fourth-order valence-electron chi connectivity index (χ4n) is 1.16. The molecule has 0 fully saturated rings. The van der Waals surface area contributed by atoms with Crippen LogP contribution >= 0.6 is 15.9 Å². The monoisotopic (exact) mass is 248 g/mol. The Kier molecular flexibility index (Phi) is 2.33. The topological polar surface area (TPSA) is 49.8 Å². The van der Waals surface area contributed by atoms with E-state index in [2.05, 4.69) is 21.1 Å². The fraction of sp³-hybridized carbons (Fsp3) is 0. The molecule has 0 aliphatic rings. The van der Waals surface area contributed by atoms with Gasteiger partial charge >= 0.3 is 0 Å². The largest absolute Gasteiger partial charge is 0.363 e. The Labute approximate surface area is 89.1 Å². The zero-order chi connectivity index (χ0) is 9.97. The van der Waals surface area contributed by atoms with E-state index in [1.807, 2.05) is 30.3 Å². The minimum atomic E-state index is 0.447. The van der Waals surface area contributed by atoms with Crippen molar-refractivity contribution in [1.29, 1.82) is 5.26 Å². The maximum absolute atomic E-state index is 8.78. The Morgan fingerprint density at radius 1 is 1.43 bits per heavy atom. The van der Waals surface area contributed by atoms with E-state index in [9.17, 15) is 0 Å². The third-order valence-electron chi connectivity index (χ3n) is 1.79. The van der Waals surface area contributed by atoms with Crippen LogP contribution in [0.4, 0.5) is 0 Å². The number of halogens is 1. The highest BCUT2D eigenvalue weighted by molar-refractivity contribution is 9.10. The molecule has 0 bridgehead atoms. The van der Waals surface area contributed by atoms with E-state index in [1.165, 1.54) is 6.26 Å². The predicted octanol–water partition coefficient (Wildman–Crippen LogP) is 2.98. The summed E-state index contributed by atoms with van der Waals surface area (Å²) < 4.78 is 5.69. The average Bonchev–Trinajstić information content (AvgIpc) is 2.65. The lowest BCUT2D eigenvalue weighted by Crippen LogP contribution is -1.80. The lowest BCUT2D eigenvalue weighted by Gasteiger charge is -1.96. The van der Waals surface area contributed by atoms with E-state index >= 15 is 0 Å². The molecule has 4 heteroatoms. The number of nitrogens with zero attached hydrogens (tertiary/aromatic N) is 2. The third-order valence-corrected chi connectivity index (χ3v) is 2.28. The summed E-state index contributed by atoms with van der Waals surface area (Å²) in [5.74, 6) is 0. The van der Waals surface area contributed by atoms with Crippen molar-refractivity contribution in [2.24, 2.45) is 0 Å². The van der Waals surface area contributed by atoms with Crippen molar-refractivity contribution in [2.45, 2.75) is 0 Å². The van der Waals surface area contributed by atoms with Crippen molar-refractivity contribution in [3.63, 3.8) is 0 Å². The molecule has 0 spiro atoms. The molecule has 0 radical (unpaired) electrons. The van der Waals surface area contributed by atoms with Gasteiger partial charge in [-0.3, -0.25) is 0 Å². The maximum Gasteiger partial charge on any atom is 0.142 e. The van der Waals surface area contributed by atoms with Gasteiger partial charge in [0.1, 0.15) is 23.6 Å². The second-order valence-electron chi connectivity index (χ2n) is 2.70. The van der Waals surface area contributed by atoms with E-state index < -0.39 is 0 Å². The van der Waals surface area contributed by atoms with Crippen molar-refractivity contribution in [1.82, 2.24) is 5.16 Å². The molecule has 2 rings (SSSR count). The van der Waals surface area contributed by atoms with Crippen LogP contribution in [0.5, 0.6) is 0 Å². The van der Waals surface area contributed by atoms with E-state index in [-0.39, 0.29) is 0 Å². The number of nitriles is 1. The highest BCUT2D eigenvalue weighted by atomic mass is 79.9. The van der Waals surface area contributed by atoms with Gasteiger partial charge in [0.05, 0.1) is 0 Å². The molecule has 1 aromatic carbocycles. The first-order valence-electron chi connectivity index (χ1n) is 3.91. The molecule has 0 atom stereocenters. The van der Waals surface area contributed by atoms with E-state index in [1.54, 1.807) is 0 Å². The lowest BCUT2D eigenvalue weighted by molar-refractivity contribution is 0.422. The van der Waals surface area contributed by atoms with Crippen LogP contribution in [0.15, 0.2) is 39.5 Å². The normalized spacial score (nSPS) is 9.71. The maximum atomic E-state index is 8.78. The van der Waals surface area contributed by atoms with Crippen molar-refractivity contribution in [3.05, 3.63) is 40.6 Å². The molecule has 2 aromatic rings. The van der Waals surface area contributed by atoms with Gasteiger partial charge in [0, 0.05) is 10.0 Å². The summed E-state index contributed by atoms with van der Waals surface area (Å²) in [6.07, 6.45) is 1.34. The quantitative estimate of drug-likeness (QED) is 0.780. The summed E-state index contributed by atoms with van der Waals surface area (Å²) in [5, 5.41) is 12.6. The van der Waals surface area contributed by atoms with Gasteiger partial charge < -0.3 is 4.52 Å². The first-order chi connectivity index (χ1) is 6.81. The molecule has 0 N–H and O–H groups in total. The van der Waals surface area contributed by atoms with Gasteiger partial charge in [-0.05, 0) is 12.1 Å². The summed E-state index contributed by atoms with van der Waals surface area (Å²) in [5.41, 5.74) is 1.89. The van der Waals surface area contributed by atoms with Gasteiger partial charge in [-0.1, -0.05) is 33.2 Å². The molecule has 0 aliphatic heterocycles. The molecular formula is C10H5BrN2O. The molecule has 3 nitrogen and oxygen atoms in total. The van der Waals surface area contributed by atoms with Gasteiger partial charge in [-0.15, -0.1) is 0 Å². The first kappa shape index (κ1) is 8.97. The van der Waals surface area contributed by atoms with Crippen LogP contribution in [0.3, 0.4) is 0 Å². The second-order valence-corrected chi connectivity index (χ2v) is 3.61. The van der Waals surface area contributed by atoms with Crippen LogP contribution < -0.4 is 0 Å². The zero-order valence-corrected chi connectivity index (χ0v) is 8.65. The first-order valence-corrected chi connectivity index (χ1v) is 4.71. The third kappa shape index (κ3) is 1.54. The SMILES string of the molecule is N#Cc1conc1-c1cccc(Br)c1. The lowest BCUT2D eigenvalue weighted by atomic mass is 10.1. The summed E-state index contributed by atoms with van der Waals surface area (Å²) in [4.78, 5) is 0. The minimum absolute atomic E-state index is 0.447. The smallest absolute Gasteiger partial charge is 0.142 e. The summed E-state index contributed by atoms with van der Waals surface area (Å²) in [6, 6.07) is 9.58. The second kappa shape index (κ2) is 3.64. The van der Waals surface area contributed by atoms with Crippen LogP contribution in [0.25, 0.3) is 11.3 Å². The minimum Gasteiger partial charge on any atom is -0.363 e. The molecule has 1 heterocycles. The Morgan fingerprint density at radius 3 is 3.00 bits per heavy atom. The van der Waals surface area contributed by atoms with Crippen LogP contribution in [0.1, 0.15) is 5.56 Å². The Morgan fingerprint density at radius 2 is 2.29 bits per heavy atom. The number of aromatic nitrogens is 1. The highest BCUT2D eigenvalue weighted by Gasteiger charge is 2.09. The van der Waals surface area contributed by atoms with Gasteiger partial charge in [-0.25, -0.2) is 0 Å². The van der Waals surface area contributed by atoms with Crippen molar-refractivity contribution in [3.8, 4) is 17.3 Å². The van der Waals surface area contributed by atoms with Crippen LogP contribution in [0, 0.1) is 11.3 Å². The molecule has 0 amide bonds. The number of hydrogen-bond acceptors (Lipinski definition) is 3. The molecular weight excluding hydrogens is 244 g/mol. The highest BCUT2D eigenvalue weighted by Crippen LogP contribution is 2.24. The summed E-state index contributed by atoms with van der Waals surface area (Å²) in [7, 11) is 0. The molecule has 14 heavy (non-hydrogen) atoms. The van der Waals surface area contributed by atoms with Gasteiger partial charge in [-0.2, -0.15) is 5.26 Å². The van der Waals surface area contributed by atoms with Crippen LogP contribution in [0.2, 0.25) is 0 Å². The van der Waals surface area contributed by atoms with E-state index in [4.69, 9.17) is 9.78 Å². The molecule has 0 unspecified atom stereocenters. The number of hydrogen-bond donors (Lipinski definition) is 0. The van der Waals surface area contributed by atoms with Crippen molar-refractivity contribution < 1.29 is 4.52 Å². The molecule has 68 valence electrons. The van der Waals surface area contributed by atoms with E-state index in [0.29, 0.717) is 11.3 Å². The Bertz CT molecular complexity index is 499. The standard InChI is InChI=1S/C10H5BrN2O/c11-9-3-1-2-7(4-9)10-8(5-12)6-14-13-10/h1-4,6H. The summed E-state index contributed by atoms with van der Waals surface area (Å²) in [6.45, 7) is 0. The Hall–Kier alpha value is -1.60. The van der Waals surface area contributed by atoms with Gasteiger partial charge in [0.15, 0.2) is 0 Å². The predicted molar refractivity (Wildman–Crippen MR) is 54.4 cm³/mol. The molecule has 0 aliphatic carbocycles. The average molecular weight is 249 g/mol.